The van der Waals surface area contributed by atoms with Crippen LogP contribution in [0.3, 0.4) is 0 Å². The van der Waals surface area contributed by atoms with Gasteiger partial charge in [-0.2, -0.15) is 0 Å². The predicted octanol–water partition coefficient (Wildman–Crippen LogP) is 3.34. The Kier molecular flexibility index (Phi) is 10.6. The van der Waals surface area contributed by atoms with E-state index < -0.39 is 8.80 Å². The summed E-state index contributed by atoms with van der Waals surface area (Å²) in [5, 5.41) is 0. The van der Waals surface area contributed by atoms with Crippen molar-refractivity contribution in [2.45, 2.75) is 33.4 Å². The van der Waals surface area contributed by atoms with Crippen molar-refractivity contribution in [3.05, 3.63) is 38.0 Å². The van der Waals surface area contributed by atoms with E-state index in [1.165, 1.54) is 0 Å². The average molecular weight is 329 g/mol. The van der Waals surface area contributed by atoms with Crippen LogP contribution in [0.5, 0.6) is 0 Å². The SMILES string of the molecule is C=CC[N+](CC=C)(CC=C)C(C)[Si](OCC)(OCC)OCC. The monoisotopic (exact) mass is 328 g/mol. The van der Waals surface area contributed by atoms with Gasteiger partial charge in [-0.05, 0) is 45.9 Å². The molecule has 0 bridgehead atoms. The maximum absolute atomic E-state index is 6.09. The standard InChI is InChI=1S/C17H34NO3Si/c1-8-14-18(15-9-2,16-10-3)17(7)22(19-11-4,20-12-5)21-13-6/h8-10,17H,1-3,11-16H2,4-7H3/q+1. The van der Waals surface area contributed by atoms with Gasteiger partial charge >= 0.3 is 8.80 Å². The molecule has 128 valence electrons. The average Bonchev–Trinajstić information content (AvgIpc) is 2.48. The molecule has 5 heteroatoms. The van der Waals surface area contributed by atoms with Crippen molar-refractivity contribution in [3.63, 3.8) is 0 Å². The van der Waals surface area contributed by atoms with Gasteiger partial charge in [0, 0.05) is 19.8 Å². The van der Waals surface area contributed by atoms with Gasteiger partial charge in [-0.1, -0.05) is 19.7 Å². The summed E-state index contributed by atoms with van der Waals surface area (Å²) < 4.78 is 19.0. The molecule has 4 nitrogen and oxygen atoms in total. The van der Waals surface area contributed by atoms with Crippen LogP contribution in [0, 0.1) is 0 Å². The normalized spacial score (nSPS) is 13.6. The van der Waals surface area contributed by atoms with Crippen LogP contribution in [0.15, 0.2) is 38.0 Å². The van der Waals surface area contributed by atoms with Gasteiger partial charge < -0.3 is 17.8 Å². The van der Waals surface area contributed by atoms with Gasteiger partial charge in [-0.3, -0.25) is 0 Å². The fraction of sp³-hybridized carbons (Fsp3) is 0.647. The molecule has 0 aromatic rings. The summed E-state index contributed by atoms with van der Waals surface area (Å²) in [5.41, 5.74) is 0.0707. The van der Waals surface area contributed by atoms with Crippen molar-refractivity contribution < 1.29 is 17.8 Å². The number of nitrogens with zero attached hydrogens (tertiary/aromatic N) is 1. The van der Waals surface area contributed by atoms with Crippen LogP contribution in [0.4, 0.5) is 0 Å². The molecule has 0 aliphatic carbocycles. The number of hydrogen-bond donors (Lipinski definition) is 0. The van der Waals surface area contributed by atoms with Crippen molar-refractivity contribution >= 4 is 8.80 Å². The van der Waals surface area contributed by atoms with Crippen LogP contribution in [0.1, 0.15) is 27.7 Å². The molecule has 0 saturated carbocycles. The van der Waals surface area contributed by atoms with E-state index in [2.05, 4.69) is 26.7 Å². The molecule has 1 unspecified atom stereocenters. The summed E-state index contributed by atoms with van der Waals surface area (Å²) in [6.07, 6.45) is 5.81. The molecular weight excluding hydrogens is 294 g/mol. The van der Waals surface area contributed by atoms with Crippen LogP contribution in [-0.2, 0) is 13.3 Å². The van der Waals surface area contributed by atoms with E-state index in [9.17, 15) is 0 Å². The maximum Gasteiger partial charge on any atom is 0.562 e. The lowest BCUT2D eigenvalue weighted by atomic mass is 10.3. The Morgan fingerprint density at radius 2 is 1.14 bits per heavy atom. The fourth-order valence-electron chi connectivity index (χ4n) is 2.90. The van der Waals surface area contributed by atoms with Gasteiger partial charge in [0.05, 0.1) is 19.6 Å². The van der Waals surface area contributed by atoms with Gasteiger partial charge in [0.1, 0.15) is 0 Å². The Morgan fingerprint density at radius 3 is 1.36 bits per heavy atom. The molecule has 0 aliphatic heterocycles. The van der Waals surface area contributed by atoms with E-state index in [0.29, 0.717) is 24.3 Å². The maximum atomic E-state index is 6.09. The number of quaternary nitrogens is 1. The van der Waals surface area contributed by atoms with Crippen LogP contribution < -0.4 is 0 Å². The Bertz CT molecular complexity index is 303. The molecule has 0 spiro atoms. The van der Waals surface area contributed by atoms with E-state index >= 15 is 0 Å². The summed E-state index contributed by atoms with van der Waals surface area (Å²) >= 11 is 0. The van der Waals surface area contributed by atoms with Crippen molar-refractivity contribution in [1.82, 2.24) is 0 Å². The third-order valence-corrected chi connectivity index (χ3v) is 7.49. The molecule has 0 aromatic carbocycles. The molecule has 1 atom stereocenters. The second-order valence-electron chi connectivity index (χ2n) is 5.21. The first-order valence-electron chi connectivity index (χ1n) is 8.12. The molecular formula is C17H34NO3Si+. The number of hydrogen-bond acceptors (Lipinski definition) is 3. The lowest BCUT2D eigenvalue weighted by Crippen LogP contribution is -2.70. The van der Waals surface area contributed by atoms with Crippen LogP contribution >= 0.6 is 0 Å². The minimum absolute atomic E-state index is 0.0707. The van der Waals surface area contributed by atoms with Crippen LogP contribution in [0.2, 0.25) is 0 Å². The molecule has 0 aromatic heterocycles. The summed E-state index contributed by atoms with van der Waals surface area (Å²) in [6.45, 7) is 24.0. The smallest absolute Gasteiger partial charge is 0.370 e. The molecule has 0 saturated heterocycles. The summed E-state index contributed by atoms with van der Waals surface area (Å²) in [5.74, 6) is 0. The first-order chi connectivity index (χ1) is 10.5. The van der Waals surface area contributed by atoms with Gasteiger partial charge in [0.2, 0.25) is 0 Å². The molecule has 0 heterocycles. The van der Waals surface area contributed by atoms with Crippen LogP contribution in [-0.4, -0.2) is 58.4 Å². The predicted molar refractivity (Wildman–Crippen MR) is 95.5 cm³/mol. The second kappa shape index (κ2) is 10.9. The first kappa shape index (κ1) is 21.3. The topological polar surface area (TPSA) is 27.7 Å². The third-order valence-electron chi connectivity index (χ3n) is 3.85. The van der Waals surface area contributed by atoms with Gasteiger partial charge in [0.25, 0.3) is 0 Å². The van der Waals surface area contributed by atoms with E-state index in [1.54, 1.807) is 0 Å². The molecule has 0 aliphatic rings. The zero-order valence-corrected chi connectivity index (χ0v) is 15.8. The zero-order chi connectivity index (χ0) is 17.1. The highest BCUT2D eigenvalue weighted by Crippen LogP contribution is 2.27. The van der Waals surface area contributed by atoms with Gasteiger partial charge in [-0.15, -0.1) is 0 Å². The van der Waals surface area contributed by atoms with E-state index in [-0.39, 0.29) is 5.67 Å². The van der Waals surface area contributed by atoms with Crippen molar-refractivity contribution in [2.75, 3.05) is 39.5 Å². The van der Waals surface area contributed by atoms with E-state index in [1.807, 2.05) is 39.0 Å². The van der Waals surface area contributed by atoms with Gasteiger partial charge in [0.15, 0.2) is 5.67 Å². The Hall–Kier alpha value is -0.723. The third kappa shape index (κ3) is 5.17. The summed E-state index contributed by atoms with van der Waals surface area (Å²) in [7, 11) is -2.82. The first-order valence-corrected chi connectivity index (χ1v) is 9.92. The molecule has 22 heavy (non-hydrogen) atoms. The minimum atomic E-state index is -2.82. The summed E-state index contributed by atoms with van der Waals surface area (Å²) in [4.78, 5) is 0. The Labute approximate surface area is 138 Å². The highest BCUT2D eigenvalue weighted by molar-refractivity contribution is 6.62. The van der Waals surface area contributed by atoms with Crippen LogP contribution in [0.25, 0.3) is 0 Å². The zero-order valence-electron chi connectivity index (χ0n) is 14.8. The lowest BCUT2D eigenvalue weighted by molar-refractivity contribution is -0.925. The minimum Gasteiger partial charge on any atom is -0.370 e. The lowest BCUT2D eigenvalue weighted by Gasteiger charge is -2.46. The summed E-state index contributed by atoms with van der Waals surface area (Å²) in [6, 6.07) is 0. The molecule has 0 fully saturated rings. The molecule has 0 rings (SSSR count). The molecule has 0 radical (unpaired) electrons. The van der Waals surface area contributed by atoms with Gasteiger partial charge in [-0.25, -0.2) is 0 Å². The highest BCUT2D eigenvalue weighted by Gasteiger charge is 2.56. The largest absolute Gasteiger partial charge is 0.562 e. The second-order valence-corrected chi connectivity index (χ2v) is 8.12. The Balaban J connectivity index is 5.82. The molecule has 0 N–H and O–H groups in total. The highest BCUT2D eigenvalue weighted by atomic mass is 28.4. The van der Waals surface area contributed by atoms with E-state index in [0.717, 1.165) is 19.6 Å². The Morgan fingerprint density at radius 1 is 0.818 bits per heavy atom. The van der Waals surface area contributed by atoms with Crippen molar-refractivity contribution in [2.24, 2.45) is 0 Å². The molecule has 0 amide bonds. The van der Waals surface area contributed by atoms with E-state index in [4.69, 9.17) is 13.3 Å². The van der Waals surface area contributed by atoms with Crippen molar-refractivity contribution in [1.29, 1.82) is 0 Å². The number of rotatable bonds is 14. The quantitative estimate of drug-likeness (QED) is 0.278. The van der Waals surface area contributed by atoms with Crippen molar-refractivity contribution in [3.8, 4) is 0 Å². The fourth-order valence-corrected chi connectivity index (χ4v) is 6.06.